The van der Waals surface area contributed by atoms with Crippen LogP contribution >= 0.6 is 0 Å². The second kappa shape index (κ2) is 10.8. The van der Waals surface area contributed by atoms with Gasteiger partial charge >= 0.3 is 6.09 Å². The number of carbonyl (C=O) groups is 3. The molecule has 40 heavy (non-hydrogen) atoms. The number of nitrogens with two attached hydrogens (primary N) is 2. The monoisotopic (exact) mass is 550 g/mol. The molecule has 0 saturated carbocycles. The van der Waals surface area contributed by atoms with E-state index in [-0.39, 0.29) is 41.5 Å². The van der Waals surface area contributed by atoms with Crippen LogP contribution in [0.15, 0.2) is 34.9 Å². The zero-order chi connectivity index (χ0) is 29.4. The number of amides is 2. The molecule has 1 saturated heterocycles. The number of ketones is 1. The third-order valence-corrected chi connectivity index (χ3v) is 6.37. The number of likely N-dealkylation sites (tertiary alicyclic amines) is 1. The van der Waals surface area contributed by atoms with Gasteiger partial charge in [0.1, 0.15) is 34.2 Å². The van der Waals surface area contributed by atoms with Crippen molar-refractivity contribution in [3.05, 3.63) is 52.9 Å². The van der Waals surface area contributed by atoms with Crippen molar-refractivity contribution in [1.82, 2.24) is 19.8 Å². The van der Waals surface area contributed by atoms with Gasteiger partial charge in [-0.25, -0.2) is 9.48 Å². The number of rotatable bonds is 8. The van der Waals surface area contributed by atoms with Gasteiger partial charge in [-0.2, -0.15) is 5.10 Å². The Bertz CT molecular complexity index is 1400. The van der Waals surface area contributed by atoms with E-state index in [1.54, 1.807) is 42.5 Å². The predicted molar refractivity (Wildman–Crippen MR) is 150 cm³/mol. The Balaban J connectivity index is 1.43. The number of anilines is 1. The normalized spacial score (nSPS) is 14.2. The largest absolute Gasteiger partial charge is 0.444 e. The lowest BCUT2D eigenvalue weighted by atomic mass is 9.90. The molecule has 0 radical (unpaired) electrons. The van der Waals surface area contributed by atoms with E-state index < -0.39 is 17.6 Å². The van der Waals surface area contributed by atoms with Crippen molar-refractivity contribution < 1.29 is 23.6 Å². The number of primary amides is 1. The average Bonchev–Trinajstić information content (AvgIpc) is 3.34. The molecule has 4 rings (SSSR count). The first kappa shape index (κ1) is 28.8. The molecule has 214 valence electrons. The number of aromatic nitrogens is 3. The van der Waals surface area contributed by atoms with Crippen LogP contribution in [0.4, 0.5) is 10.6 Å². The molecule has 0 bridgehead atoms. The fourth-order valence-corrected chi connectivity index (χ4v) is 4.59. The molecule has 0 unspecified atom stereocenters. The van der Waals surface area contributed by atoms with E-state index in [9.17, 15) is 14.4 Å². The third kappa shape index (κ3) is 6.88. The highest BCUT2D eigenvalue weighted by atomic mass is 16.6. The minimum atomic E-state index is -0.695. The van der Waals surface area contributed by atoms with Crippen molar-refractivity contribution in [1.29, 1.82) is 0 Å². The third-order valence-electron chi connectivity index (χ3n) is 6.37. The summed E-state index contributed by atoms with van der Waals surface area (Å²) in [4.78, 5) is 38.8. The van der Waals surface area contributed by atoms with Gasteiger partial charge < -0.3 is 25.6 Å². The van der Waals surface area contributed by atoms with Gasteiger partial charge in [-0.15, -0.1) is 0 Å². The lowest BCUT2D eigenvalue weighted by Crippen LogP contribution is -2.52. The Morgan fingerprint density at radius 3 is 2.27 bits per heavy atom. The van der Waals surface area contributed by atoms with Crippen molar-refractivity contribution in [2.75, 3.05) is 18.8 Å². The smallest absolute Gasteiger partial charge is 0.410 e. The lowest BCUT2D eigenvalue weighted by Gasteiger charge is -2.39. The number of Topliss-reactive ketones (excluding diaryl/α,β-unsaturated/α-hetero) is 1. The van der Waals surface area contributed by atoms with Crippen LogP contribution in [0.5, 0.6) is 0 Å². The zero-order valence-corrected chi connectivity index (χ0v) is 24.0. The molecule has 1 aliphatic rings. The molecule has 2 amide bonds. The van der Waals surface area contributed by atoms with Gasteiger partial charge in [0.25, 0.3) is 5.91 Å². The summed E-state index contributed by atoms with van der Waals surface area (Å²) in [6, 6.07) is 8.82. The number of nitrogens with zero attached hydrogens (tertiary/aromatic N) is 4. The van der Waals surface area contributed by atoms with Crippen molar-refractivity contribution in [2.45, 2.75) is 72.4 Å². The quantitative estimate of drug-likeness (QED) is 0.426. The standard InChI is InChI=1S/C29H38N6O5/c1-28(2,3)14-19-12-22(40-33-19)13-21(36)11-17-7-9-18(10-8-17)24-23(26(31)37)25(30)35(32-24)20-15-34(16-20)27(38)39-29(4,5)6/h7-10,12,20H,11,13-16,30H2,1-6H3,(H2,31,37). The first-order valence-corrected chi connectivity index (χ1v) is 13.3. The predicted octanol–water partition coefficient (Wildman–Crippen LogP) is 3.95. The van der Waals surface area contributed by atoms with Gasteiger partial charge in [0.15, 0.2) is 0 Å². The van der Waals surface area contributed by atoms with Gasteiger partial charge in [-0.1, -0.05) is 50.2 Å². The van der Waals surface area contributed by atoms with Crippen LogP contribution in [0.1, 0.15) is 75.0 Å². The number of benzene rings is 1. The summed E-state index contributed by atoms with van der Waals surface area (Å²) in [7, 11) is 0. The van der Waals surface area contributed by atoms with Crippen molar-refractivity contribution >= 4 is 23.6 Å². The highest BCUT2D eigenvalue weighted by Crippen LogP contribution is 2.33. The number of carbonyl (C=O) groups excluding carboxylic acids is 3. The maximum Gasteiger partial charge on any atom is 0.410 e. The van der Waals surface area contributed by atoms with E-state index in [4.69, 9.17) is 20.7 Å². The summed E-state index contributed by atoms with van der Waals surface area (Å²) < 4.78 is 12.3. The van der Waals surface area contributed by atoms with Crippen LogP contribution in [0.3, 0.4) is 0 Å². The maximum atomic E-state index is 12.7. The molecule has 4 N–H and O–H groups in total. The van der Waals surface area contributed by atoms with Crippen molar-refractivity contribution in [3.8, 4) is 11.3 Å². The highest BCUT2D eigenvalue weighted by molar-refractivity contribution is 6.03. The number of hydrogen-bond acceptors (Lipinski definition) is 8. The highest BCUT2D eigenvalue weighted by Gasteiger charge is 2.37. The first-order valence-electron chi connectivity index (χ1n) is 13.3. The van der Waals surface area contributed by atoms with Crippen LogP contribution in [-0.4, -0.2) is 56.3 Å². The Morgan fingerprint density at radius 2 is 1.70 bits per heavy atom. The van der Waals surface area contributed by atoms with E-state index in [1.807, 2.05) is 18.2 Å². The van der Waals surface area contributed by atoms with E-state index in [0.717, 1.165) is 17.7 Å². The van der Waals surface area contributed by atoms with Gasteiger partial charge in [-0.05, 0) is 38.2 Å². The lowest BCUT2D eigenvalue weighted by molar-refractivity contribution is -0.118. The maximum absolute atomic E-state index is 12.7. The van der Waals surface area contributed by atoms with E-state index in [1.165, 1.54) is 0 Å². The summed E-state index contributed by atoms with van der Waals surface area (Å²) >= 11 is 0. The van der Waals surface area contributed by atoms with E-state index in [2.05, 4.69) is 31.0 Å². The van der Waals surface area contributed by atoms with Crippen LogP contribution in [0, 0.1) is 5.41 Å². The van der Waals surface area contributed by atoms with Gasteiger partial charge in [-0.3, -0.25) is 9.59 Å². The van der Waals surface area contributed by atoms with Crippen LogP contribution in [0.2, 0.25) is 0 Å². The van der Waals surface area contributed by atoms with E-state index >= 15 is 0 Å². The first-order chi connectivity index (χ1) is 18.6. The minimum Gasteiger partial charge on any atom is -0.444 e. The molecule has 3 heterocycles. The fourth-order valence-electron chi connectivity index (χ4n) is 4.59. The van der Waals surface area contributed by atoms with Gasteiger partial charge in [0, 0.05) is 31.1 Å². The molecule has 0 aliphatic carbocycles. The van der Waals surface area contributed by atoms with Gasteiger partial charge in [0.05, 0.1) is 18.2 Å². The van der Waals surface area contributed by atoms with Gasteiger partial charge in [0.2, 0.25) is 0 Å². The van der Waals surface area contributed by atoms with Crippen LogP contribution < -0.4 is 11.5 Å². The van der Waals surface area contributed by atoms with Crippen molar-refractivity contribution in [3.63, 3.8) is 0 Å². The summed E-state index contributed by atoms with van der Waals surface area (Å²) in [5.41, 5.74) is 14.2. The molecule has 1 aromatic carbocycles. The summed E-state index contributed by atoms with van der Waals surface area (Å²) in [6.45, 7) is 12.5. The molecule has 2 aromatic heterocycles. The average molecular weight is 551 g/mol. The Morgan fingerprint density at radius 1 is 1.05 bits per heavy atom. The summed E-state index contributed by atoms with van der Waals surface area (Å²) in [5, 5.41) is 8.67. The molecule has 0 atom stereocenters. The summed E-state index contributed by atoms with van der Waals surface area (Å²) in [5.74, 6) is -0.000937. The molecular weight excluding hydrogens is 512 g/mol. The summed E-state index contributed by atoms with van der Waals surface area (Å²) in [6.07, 6.45) is 0.733. The van der Waals surface area contributed by atoms with E-state index in [0.29, 0.717) is 30.1 Å². The zero-order valence-electron chi connectivity index (χ0n) is 24.0. The van der Waals surface area contributed by atoms with Crippen LogP contribution in [0.25, 0.3) is 11.3 Å². The van der Waals surface area contributed by atoms with Crippen LogP contribution in [-0.2, 0) is 28.8 Å². The number of nitrogen functional groups attached to an aromatic ring is 1. The second-order valence-corrected chi connectivity index (χ2v) is 12.6. The minimum absolute atomic E-state index is 0.00270. The number of ether oxygens (including phenoxy) is 1. The topological polar surface area (TPSA) is 160 Å². The fraction of sp³-hybridized carbons (Fsp3) is 0.483. The molecule has 11 heteroatoms. The second-order valence-electron chi connectivity index (χ2n) is 12.6. The molecule has 1 aliphatic heterocycles. The Kier molecular flexibility index (Phi) is 7.78. The SMILES string of the molecule is CC(C)(C)Cc1cc(CC(=O)Cc2ccc(-c3nn(C4CN(C(=O)OC(C)(C)C)C4)c(N)c3C(N)=O)cc2)on1. The molecule has 11 nitrogen and oxygen atoms in total. The Labute approximate surface area is 233 Å². The number of hydrogen-bond donors (Lipinski definition) is 2. The molecule has 1 fully saturated rings. The molecule has 3 aromatic rings. The van der Waals surface area contributed by atoms with Crippen molar-refractivity contribution in [2.24, 2.45) is 11.1 Å². The molecule has 0 spiro atoms. The Hall–Kier alpha value is -4.15. The molecular formula is C29H38N6O5.